The molecule has 3 heterocycles. The van der Waals surface area contributed by atoms with Crippen LogP contribution in [0, 0.1) is 13.8 Å². The molecule has 138 valence electrons. The minimum atomic E-state index is -3.79. The van der Waals surface area contributed by atoms with Crippen molar-refractivity contribution in [3.63, 3.8) is 0 Å². The van der Waals surface area contributed by atoms with E-state index >= 15 is 0 Å². The summed E-state index contributed by atoms with van der Waals surface area (Å²) in [6.45, 7) is 6.11. The Morgan fingerprint density at radius 3 is 2.62 bits per heavy atom. The SMILES string of the molecule is Cc1cc(C)c2nonc2c1S(=O)(=O)N1CCn2nc(C(C)O)cc2C1. The van der Waals surface area contributed by atoms with Crippen molar-refractivity contribution in [2.24, 2.45) is 0 Å². The van der Waals surface area contributed by atoms with E-state index in [1.165, 1.54) is 4.31 Å². The zero-order valence-corrected chi connectivity index (χ0v) is 15.5. The largest absolute Gasteiger partial charge is 0.387 e. The molecule has 0 amide bonds. The lowest BCUT2D eigenvalue weighted by Crippen LogP contribution is -2.38. The third kappa shape index (κ3) is 2.52. The Bertz CT molecular complexity index is 1100. The van der Waals surface area contributed by atoms with E-state index in [1.54, 1.807) is 30.7 Å². The van der Waals surface area contributed by atoms with Gasteiger partial charge in [-0.1, -0.05) is 6.07 Å². The van der Waals surface area contributed by atoms with Gasteiger partial charge in [0, 0.05) is 6.54 Å². The average molecular weight is 377 g/mol. The molecule has 0 aliphatic carbocycles. The number of sulfonamides is 1. The molecule has 0 spiro atoms. The van der Waals surface area contributed by atoms with Gasteiger partial charge in [-0.2, -0.15) is 9.40 Å². The van der Waals surface area contributed by atoms with Crippen LogP contribution in [0.4, 0.5) is 0 Å². The van der Waals surface area contributed by atoms with Gasteiger partial charge >= 0.3 is 0 Å². The van der Waals surface area contributed by atoms with Crippen molar-refractivity contribution in [1.82, 2.24) is 24.4 Å². The van der Waals surface area contributed by atoms with Gasteiger partial charge in [-0.3, -0.25) is 4.68 Å². The van der Waals surface area contributed by atoms with Gasteiger partial charge < -0.3 is 5.11 Å². The number of hydrogen-bond donors (Lipinski definition) is 1. The third-order valence-corrected chi connectivity index (χ3v) is 6.70. The maximum absolute atomic E-state index is 13.3. The van der Waals surface area contributed by atoms with Crippen molar-refractivity contribution in [1.29, 1.82) is 0 Å². The normalized spacial score (nSPS) is 16.8. The molecule has 0 bridgehead atoms. The number of benzene rings is 1. The summed E-state index contributed by atoms with van der Waals surface area (Å²) < 4.78 is 34.6. The molecule has 0 radical (unpaired) electrons. The second kappa shape index (κ2) is 5.86. The van der Waals surface area contributed by atoms with Crippen molar-refractivity contribution >= 4 is 21.1 Å². The molecule has 1 unspecified atom stereocenters. The quantitative estimate of drug-likeness (QED) is 0.731. The number of aryl methyl sites for hydroxylation is 2. The molecule has 1 atom stereocenters. The van der Waals surface area contributed by atoms with Gasteiger partial charge in [0.15, 0.2) is 5.52 Å². The molecule has 0 saturated heterocycles. The van der Waals surface area contributed by atoms with Gasteiger partial charge in [0.1, 0.15) is 10.4 Å². The number of fused-ring (bicyclic) bond motifs is 2. The van der Waals surface area contributed by atoms with E-state index < -0.39 is 16.1 Å². The predicted octanol–water partition coefficient (Wildman–Crippen LogP) is 1.29. The first-order valence-corrected chi connectivity index (χ1v) is 9.70. The van der Waals surface area contributed by atoms with E-state index in [0.29, 0.717) is 23.3 Å². The van der Waals surface area contributed by atoms with Crippen LogP contribution in [0.25, 0.3) is 11.0 Å². The minimum absolute atomic E-state index is 0.128. The Morgan fingerprint density at radius 1 is 1.15 bits per heavy atom. The van der Waals surface area contributed by atoms with Crippen molar-refractivity contribution in [2.75, 3.05) is 6.54 Å². The van der Waals surface area contributed by atoms with Crippen LogP contribution < -0.4 is 0 Å². The number of nitrogens with zero attached hydrogens (tertiary/aromatic N) is 5. The zero-order valence-electron chi connectivity index (χ0n) is 14.7. The lowest BCUT2D eigenvalue weighted by atomic mass is 10.1. The Hall–Kier alpha value is -2.30. The maximum Gasteiger partial charge on any atom is 0.246 e. The van der Waals surface area contributed by atoms with Crippen LogP contribution in [0.2, 0.25) is 0 Å². The summed E-state index contributed by atoms with van der Waals surface area (Å²) in [7, 11) is -3.79. The molecule has 10 heteroatoms. The summed E-state index contributed by atoms with van der Waals surface area (Å²) in [5.74, 6) is 0. The molecule has 1 aromatic carbocycles. The van der Waals surface area contributed by atoms with Crippen LogP contribution in [0.15, 0.2) is 21.7 Å². The Balaban J connectivity index is 1.77. The second-order valence-electron chi connectivity index (χ2n) is 6.60. The Morgan fingerprint density at radius 2 is 1.88 bits per heavy atom. The average Bonchev–Trinajstić information content (AvgIpc) is 3.20. The monoisotopic (exact) mass is 377 g/mol. The number of aromatic nitrogens is 4. The first-order valence-electron chi connectivity index (χ1n) is 8.26. The summed E-state index contributed by atoms with van der Waals surface area (Å²) >= 11 is 0. The summed E-state index contributed by atoms with van der Waals surface area (Å²) in [6, 6.07) is 3.51. The number of aliphatic hydroxyl groups is 1. The van der Waals surface area contributed by atoms with E-state index in [-0.39, 0.29) is 23.5 Å². The smallest absolute Gasteiger partial charge is 0.246 e. The topological polar surface area (TPSA) is 114 Å². The minimum Gasteiger partial charge on any atom is -0.387 e. The molecule has 1 aliphatic rings. The van der Waals surface area contributed by atoms with Gasteiger partial charge in [-0.05, 0) is 48.3 Å². The molecule has 1 aliphatic heterocycles. The summed E-state index contributed by atoms with van der Waals surface area (Å²) in [6.07, 6.45) is -0.696. The standard InChI is InChI=1S/C16H19N5O4S/c1-9-6-10(2)16(15-14(9)18-25-19-15)26(23,24)20-4-5-21-12(8-20)7-13(17-21)11(3)22/h6-7,11,22H,4-5,8H2,1-3H3. The summed E-state index contributed by atoms with van der Waals surface area (Å²) in [4.78, 5) is 0.128. The Kier molecular flexibility index (Phi) is 3.86. The van der Waals surface area contributed by atoms with Crippen molar-refractivity contribution in [3.8, 4) is 0 Å². The molecule has 26 heavy (non-hydrogen) atoms. The van der Waals surface area contributed by atoms with Gasteiger partial charge in [-0.25, -0.2) is 13.0 Å². The lowest BCUT2D eigenvalue weighted by molar-refractivity contribution is 0.192. The fraction of sp³-hybridized carbons (Fsp3) is 0.438. The molecule has 4 rings (SSSR count). The van der Waals surface area contributed by atoms with Crippen LogP contribution in [0.5, 0.6) is 0 Å². The highest BCUT2D eigenvalue weighted by Crippen LogP contribution is 2.31. The van der Waals surface area contributed by atoms with E-state index in [9.17, 15) is 13.5 Å². The first-order chi connectivity index (χ1) is 12.3. The van der Waals surface area contributed by atoms with Crippen molar-refractivity contribution < 1.29 is 18.2 Å². The van der Waals surface area contributed by atoms with Gasteiger partial charge in [-0.15, -0.1) is 0 Å². The highest BCUT2D eigenvalue weighted by molar-refractivity contribution is 7.89. The van der Waals surface area contributed by atoms with E-state index in [1.807, 2.05) is 6.92 Å². The van der Waals surface area contributed by atoms with Crippen LogP contribution >= 0.6 is 0 Å². The van der Waals surface area contributed by atoms with E-state index in [2.05, 4.69) is 15.4 Å². The van der Waals surface area contributed by atoms with Crippen molar-refractivity contribution in [3.05, 3.63) is 34.6 Å². The van der Waals surface area contributed by atoms with E-state index in [4.69, 9.17) is 4.63 Å². The molecule has 0 fully saturated rings. The Labute approximate surface area is 150 Å². The maximum atomic E-state index is 13.3. The molecule has 2 aromatic heterocycles. The van der Waals surface area contributed by atoms with Gasteiger partial charge in [0.2, 0.25) is 10.0 Å². The number of aliphatic hydroxyl groups excluding tert-OH is 1. The fourth-order valence-corrected chi connectivity index (χ4v) is 5.10. The van der Waals surface area contributed by atoms with E-state index in [0.717, 1.165) is 11.3 Å². The van der Waals surface area contributed by atoms with Crippen LogP contribution in [-0.2, 0) is 23.1 Å². The van der Waals surface area contributed by atoms with Crippen LogP contribution in [0.3, 0.4) is 0 Å². The zero-order chi connectivity index (χ0) is 18.6. The van der Waals surface area contributed by atoms with Crippen LogP contribution in [0.1, 0.15) is 35.5 Å². The second-order valence-corrected chi connectivity index (χ2v) is 8.47. The molecule has 0 saturated carbocycles. The van der Waals surface area contributed by atoms with Crippen molar-refractivity contribution in [2.45, 2.75) is 44.9 Å². The summed E-state index contributed by atoms with van der Waals surface area (Å²) in [5.41, 5.74) is 3.41. The molecular weight excluding hydrogens is 358 g/mol. The number of hydrogen-bond acceptors (Lipinski definition) is 7. The molecule has 1 N–H and O–H groups in total. The first kappa shape index (κ1) is 17.1. The van der Waals surface area contributed by atoms with Gasteiger partial charge in [0.25, 0.3) is 0 Å². The fourth-order valence-electron chi connectivity index (χ4n) is 3.37. The highest BCUT2D eigenvalue weighted by atomic mass is 32.2. The van der Waals surface area contributed by atoms with Crippen LogP contribution in [-0.4, -0.2) is 44.5 Å². The van der Waals surface area contributed by atoms with Gasteiger partial charge in [0.05, 0.1) is 30.6 Å². The highest BCUT2D eigenvalue weighted by Gasteiger charge is 2.33. The number of rotatable bonds is 3. The molecule has 9 nitrogen and oxygen atoms in total. The molecule has 3 aromatic rings. The third-order valence-electron chi connectivity index (χ3n) is 4.68. The summed E-state index contributed by atoms with van der Waals surface area (Å²) in [5, 5.41) is 21.7. The predicted molar refractivity (Wildman–Crippen MR) is 91.7 cm³/mol. The lowest BCUT2D eigenvalue weighted by Gasteiger charge is -2.27. The molecular formula is C16H19N5O4S.